The molecular weight excluding hydrogens is 925 g/mol. The van der Waals surface area contributed by atoms with Crippen molar-refractivity contribution in [2.75, 3.05) is 13.2 Å². The molecule has 0 aliphatic carbocycles. The van der Waals surface area contributed by atoms with Gasteiger partial charge in [-0.25, -0.2) is 0 Å². The van der Waals surface area contributed by atoms with Crippen LogP contribution in [0.3, 0.4) is 0 Å². The van der Waals surface area contributed by atoms with Gasteiger partial charge in [0.2, 0.25) is 0 Å². The molecule has 0 aliphatic rings. The van der Waals surface area contributed by atoms with Gasteiger partial charge < -0.3 is 14.2 Å². The zero-order chi connectivity index (χ0) is 54.3. The molecule has 0 aromatic heterocycles. The summed E-state index contributed by atoms with van der Waals surface area (Å²) in [6.45, 7) is 6.54. The average Bonchev–Trinajstić information content (AvgIpc) is 3.41. The zero-order valence-corrected chi connectivity index (χ0v) is 49.6. The highest BCUT2D eigenvalue weighted by atomic mass is 16.6. The summed E-state index contributed by atoms with van der Waals surface area (Å²) in [5, 5.41) is 0. The number of esters is 3. The molecule has 0 saturated heterocycles. The van der Waals surface area contributed by atoms with E-state index in [2.05, 4.69) is 106 Å². The Labute approximate surface area is 465 Å². The Hall–Kier alpha value is -3.41. The summed E-state index contributed by atoms with van der Waals surface area (Å²) < 4.78 is 16.9. The van der Waals surface area contributed by atoms with Crippen LogP contribution in [0.25, 0.3) is 0 Å². The molecule has 1 unspecified atom stereocenters. The largest absolute Gasteiger partial charge is 0.462 e. The first-order valence-corrected chi connectivity index (χ1v) is 32.1. The van der Waals surface area contributed by atoms with Crippen LogP contribution in [-0.4, -0.2) is 37.2 Å². The van der Waals surface area contributed by atoms with Crippen molar-refractivity contribution in [3.63, 3.8) is 0 Å². The standard InChI is InChI=1S/C69H120O6/c1-4-7-10-13-16-19-22-25-28-29-30-31-32-33-34-35-36-37-38-39-40-41-42-45-47-50-53-56-59-62-68(71)74-65-66(75-69(72)63-60-57-54-51-48-44-27-24-21-18-15-12-9-6-3)64-73-67(70)61-58-55-52-49-46-43-26-23-20-17-14-11-8-5-2/h7,10,16,19,24-25,27-28,30-31,33-34,36-37,66H,4-6,8-9,11-15,17-18,20-23,26,29,32,35,38-65H2,1-3H3/b10-7-,19-16-,27-24-,28-25-,31-30-,34-33-,37-36-. The lowest BCUT2D eigenvalue weighted by Crippen LogP contribution is -2.30. The number of hydrogen-bond donors (Lipinski definition) is 0. The molecule has 6 heteroatoms. The molecule has 75 heavy (non-hydrogen) atoms. The maximum absolute atomic E-state index is 12.9. The Kier molecular flexibility index (Phi) is 60.3. The van der Waals surface area contributed by atoms with Gasteiger partial charge in [-0.05, 0) is 96.3 Å². The van der Waals surface area contributed by atoms with Crippen LogP contribution in [-0.2, 0) is 28.6 Å². The lowest BCUT2D eigenvalue weighted by Gasteiger charge is -2.18. The molecule has 6 nitrogen and oxygen atoms in total. The zero-order valence-electron chi connectivity index (χ0n) is 49.6. The molecule has 0 aromatic rings. The molecule has 1 atom stereocenters. The van der Waals surface area contributed by atoms with E-state index in [0.717, 1.165) is 109 Å². The maximum Gasteiger partial charge on any atom is 0.306 e. The SMILES string of the molecule is CC/C=C\C/C=C\C/C=C\C/C=C\C/C=C\C/C=C\CCCCCCCCCCCCC(=O)OCC(COC(=O)CCCCCCCCCCCCCCCC)OC(=O)CCCCCCC/C=C\CCCCCCC. The molecule has 0 N–H and O–H groups in total. The first-order valence-electron chi connectivity index (χ1n) is 32.1. The molecule has 432 valence electrons. The van der Waals surface area contributed by atoms with Crippen LogP contribution in [0.4, 0.5) is 0 Å². The summed E-state index contributed by atoms with van der Waals surface area (Å²) in [6.07, 6.45) is 83.0. The Morgan fingerprint density at radius 2 is 0.520 bits per heavy atom. The van der Waals surface area contributed by atoms with Crippen molar-refractivity contribution >= 4 is 17.9 Å². The second kappa shape index (κ2) is 63.1. The highest BCUT2D eigenvalue weighted by Crippen LogP contribution is 2.16. The molecule has 0 aromatic carbocycles. The van der Waals surface area contributed by atoms with Crippen molar-refractivity contribution in [2.45, 2.75) is 322 Å². The Morgan fingerprint density at radius 3 is 0.827 bits per heavy atom. The van der Waals surface area contributed by atoms with Crippen molar-refractivity contribution < 1.29 is 28.6 Å². The minimum absolute atomic E-state index is 0.0772. The predicted octanol–water partition coefficient (Wildman–Crippen LogP) is 21.9. The fraction of sp³-hybridized carbons (Fsp3) is 0.754. The van der Waals surface area contributed by atoms with E-state index in [1.807, 2.05) is 0 Å². The van der Waals surface area contributed by atoms with E-state index in [1.54, 1.807) is 0 Å². The van der Waals surface area contributed by atoms with Crippen LogP contribution in [0.1, 0.15) is 316 Å². The van der Waals surface area contributed by atoms with Gasteiger partial charge in [-0.3, -0.25) is 14.4 Å². The van der Waals surface area contributed by atoms with Crippen LogP contribution in [0.15, 0.2) is 85.1 Å². The molecule has 0 radical (unpaired) electrons. The summed E-state index contributed by atoms with van der Waals surface area (Å²) in [4.78, 5) is 38.3. The predicted molar refractivity (Wildman–Crippen MR) is 325 cm³/mol. The molecule has 0 rings (SSSR count). The number of ether oxygens (including phenoxy) is 3. The van der Waals surface area contributed by atoms with Gasteiger partial charge in [0.25, 0.3) is 0 Å². The van der Waals surface area contributed by atoms with E-state index in [9.17, 15) is 14.4 Å². The van der Waals surface area contributed by atoms with E-state index in [4.69, 9.17) is 14.2 Å². The van der Waals surface area contributed by atoms with Gasteiger partial charge >= 0.3 is 17.9 Å². The fourth-order valence-electron chi connectivity index (χ4n) is 9.09. The molecule has 0 fully saturated rings. The first-order chi connectivity index (χ1) is 37.0. The van der Waals surface area contributed by atoms with E-state index in [0.29, 0.717) is 19.3 Å². The summed E-state index contributed by atoms with van der Waals surface area (Å²) in [5.74, 6) is -0.877. The van der Waals surface area contributed by atoms with Gasteiger partial charge in [0, 0.05) is 19.3 Å². The summed E-state index contributed by atoms with van der Waals surface area (Å²) in [6, 6.07) is 0. The van der Waals surface area contributed by atoms with E-state index < -0.39 is 6.10 Å². The van der Waals surface area contributed by atoms with Crippen LogP contribution < -0.4 is 0 Å². The third-order valence-electron chi connectivity index (χ3n) is 13.9. The smallest absolute Gasteiger partial charge is 0.306 e. The topological polar surface area (TPSA) is 78.9 Å². The number of rotatable bonds is 58. The minimum Gasteiger partial charge on any atom is -0.462 e. The van der Waals surface area contributed by atoms with E-state index >= 15 is 0 Å². The number of carbonyl (C=O) groups excluding carboxylic acids is 3. The third-order valence-corrected chi connectivity index (χ3v) is 13.9. The lowest BCUT2D eigenvalue weighted by molar-refractivity contribution is -0.167. The number of hydrogen-bond acceptors (Lipinski definition) is 6. The van der Waals surface area contributed by atoms with E-state index in [1.165, 1.54) is 167 Å². The van der Waals surface area contributed by atoms with Crippen LogP contribution in [0, 0.1) is 0 Å². The van der Waals surface area contributed by atoms with Crippen LogP contribution >= 0.6 is 0 Å². The van der Waals surface area contributed by atoms with Gasteiger partial charge in [-0.2, -0.15) is 0 Å². The summed E-state index contributed by atoms with van der Waals surface area (Å²) >= 11 is 0. The van der Waals surface area contributed by atoms with E-state index in [-0.39, 0.29) is 31.1 Å². The molecule has 0 bridgehead atoms. The Bertz CT molecular complexity index is 1430. The van der Waals surface area contributed by atoms with Crippen molar-refractivity contribution in [2.24, 2.45) is 0 Å². The van der Waals surface area contributed by atoms with Crippen molar-refractivity contribution in [1.29, 1.82) is 0 Å². The van der Waals surface area contributed by atoms with Crippen molar-refractivity contribution in [3.05, 3.63) is 85.1 Å². The lowest BCUT2D eigenvalue weighted by atomic mass is 10.0. The molecule has 0 saturated carbocycles. The van der Waals surface area contributed by atoms with Gasteiger partial charge in [0.05, 0.1) is 0 Å². The Morgan fingerprint density at radius 1 is 0.280 bits per heavy atom. The van der Waals surface area contributed by atoms with Gasteiger partial charge in [0.1, 0.15) is 13.2 Å². The Balaban J connectivity index is 4.26. The van der Waals surface area contributed by atoms with Gasteiger partial charge in [0.15, 0.2) is 6.10 Å². The molecular formula is C69H120O6. The monoisotopic (exact) mass is 1040 g/mol. The molecule has 0 amide bonds. The maximum atomic E-state index is 12.9. The quantitative estimate of drug-likeness (QED) is 0.0261. The highest BCUT2D eigenvalue weighted by Gasteiger charge is 2.19. The molecule has 0 aliphatic heterocycles. The van der Waals surface area contributed by atoms with Crippen LogP contribution in [0.5, 0.6) is 0 Å². The van der Waals surface area contributed by atoms with Gasteiger partial charge in [-0.1, -0.05) is 286 Å². The third kappa shape index (κ3) is 61.3. The van der Waals surface area contributed by atoms with Crippen molar-refractivity contribution in [3.8, 4) is 0 Å². The van der Waals surface area contributed by atoms with Crippen molar-refractivity contribution in [1.82, 2.24) is 0 Å². The summed E-state index contributed by atoms with van der Waals surface area (Å²) in [7, 11) is 0. The second-order valence-electron chi connectivity index (χ2n) is 21.3. The normalized spacial score (nSPS) is 12.6. The first kappa shape index (κ1) is 71.6. The fourth-order valence-corrected chi connectivity index (χ4v) is 9.09. The molecule has 0 spiro atoms. The number of allylic oxidation sites excluding steroid dienone is 14. The number of carbonyl (C=O) groups is 3. The average molecular weight is 1050 g/mol. The highest BCUT2D eigenvalue weighted by molar-refractivity contribution is 5.71. The summed E-state index contributed by atoms with van der Waals surface area (Å²) in [5.41, 5.74) is 0. The minimum atomic E-state index is -0.781. The van der Waals surface area contributed by atoms with Crippen LogP contribution in [0.2, 0.25) is 0 Å². The second-order valence-corrected chi connectivity index (χ2v) is 21.3. The van der Waals surface area contributed by atoms with Gasteiger partial charge in [-0.15, -0.1) is 0 Å². The molecule has 0 heterocycles. The number of unbranched alkanes of at least 4 members (excludes halogenated alkanes) is 33.